The Bertz CT molecular complexity index is 1020. The smallest absolute Gasteiger partial charge is 0.416 e. The first-order valence-electron chi connectivity index (χ1n) is 11.8. The Balaban J connectivity index is 1.96. The van der Waals surface area contributed by atoms with Crippen LogP contribution in [0.25, 0.3) is 0 Å². The number of nitrogens with one attached hydrogen (secondary N) is 2. The van der Waals surface area contributed by atoms with E-state index < -0.39 is 29.8 Å². The van der Waals surface area contributed by atoms with Crippen molar-refractivity contribution in [2.24, 2.45) is 0 Å². The number of esters is 1. The van der Waals surface area contributed by atoms with Crippen LogP contribution in [0.3, 0.4) is 0 Å². The van der Waals surface area contributed by atoms with Gasteiger partial charge < -0.3 is 20.3 Å². The molecule has 36 heavy (non-hydrogen) atoms. The molecule has 3 rings (SSSR count). The predicted octanol–water partition coefficient (Wildman–Crippen LogP) is 2.95. The van der Waals surface area contributed by atoms with Crippen LogP contribution < -0.4 is 10.6 Å². The lowest BCUT2D eigenvalue weighted by atomic mass is 9.90. The van der Waals surface area contributed by atoms with Gasteiger partial charge in [-0.05, 0) is 32.4 Å². The van der Waals surface area contributed by atoms with E-state index in [1.54, 1.807) is 11.8 Å². The Labute approximate surface area is 208 Å². The number of halogens is 3. The number of hydrogen-bond donors (Lipinski definition) is 2. The maximum atomic E-state index is 13.8. The fourth-order valence-corrected chi connectivity index (χ4v) is 4.30. The molecule has 0 aromatic heterocycles. The van der Waals surface area contributed by atoms with Crippen LogP contribution >= 0.6 is 0 Å². The molecule has 1 saturated heterocycles. The zero-order valence-electron chi connectivity index (χ0n) is 20.8. The van der Waals surface area contributed by atoms with E-state index in [9.17, 15) is 27.6 Å². The zero-order chi connectivity index (χ0) is 26.6. The van der Waals surface area contributed by atoms with Crippen molar-refractivity contribution < 1.29 is 32.3 Å². The van der Waals surface area contributed by atoms with Gasteiger partial charge in [-0.2, -0.15) is 13.2 Å². The second-order valence-electron chi connectivity index (χ2n) is 8.97. The van der Waals surface area contributed by atoms with Gasteiger partial charge >= 0.3 is 24.2 Å². The lowest BCUT2D eigenvalue weighted by Gasteiger charge is -2.40. The zero-order valence-corrected chi connectivity index (χ0v) is 20.8. The van der Waals surface area contributed by atoms with E-state index in [4.69, 9.17) is 4.74 Å². The predicted molar refractivity (Wildman–Crippen MR) is 126 cm³/mol. The largest absolute Gasteiger partial charge is 0.463 e. The molecule has 4 amide bonds. The van der Waals surface area contributed by atoms with E-state index in [1.807, 2.05) is 18.7 Å². The van der Waals surface area contributed by atoms with E-state index in [0.29, 0.717) is 26.2 Å². The summed E-state index contributed by atoms with van der Waals surface area (Å²) in [7, 11) is 1.46. The molecule has 0 bridgehead atoms. The summed E-state index contributed by atoms with van der Waals surface area (Å²) in [6, 6.07) is 2.72. The summed E-state index contributed by atoms with van der Waals surface area (Å²) in [5.41, 5.74) is -0.956. The molecule has 0 radical (unpaired) electrons. The Morgan fingerprint density at radius 2 is 1.81 bits per heavy atom. The number of alkyl halides is 3. The third kappa shape index (κ3) is 6.10. The van der Waals surface area contributed by atoms with Crippen molar-refractivity contribution in [3.63, 3.8) is 0 Å². The fourth-order valence-electron chi connectivity index (χ4n) is 4.30. The van der Waals surface area contributed by atoms with Crippen molar-refractivity contribution in [2.75, 3.05) is 46.4 Å². The molecule has 0 saturated carbocycles. The lowest BCUT2D eigenvalue weighted by molar-refractivity contribution is -0.141. The van der Waals surface area contributed by atoms with Crippen molar-refractivity contribution >= 4 is 18.0 Å². The third-order valence-corrected chi connectivity index (χ3v) is 6.09. The van der Waals surface area contributed by atoms with Crippen molar-refractivity contribution in [3.05, 3.63) is 46.7 Å². The van der Waals surface area contributed by atoms with Crippen molar-refractivity contribution in [1.82, 2.24) is 25.3 Å². The van der Waals surface area contributed by atoms with Crippen LogP contribution in [-0.4, -0.2) is 85.2 Å². The molecular weight excluding hydrogens is 479 g/mol. The summed E-state index contributed by atoms with van der Waals surface area (Å²) in [5, 5.41) is 5.38. The number of carbonyl (C=O) groups excluding carboxylic acids is 3. The van der Waals surface area contributed by atoms with Gasteiger partial charge in [0.05, 0.1) is 23.8 Å². The van der Waals surface area contributed by atoms with E-state index in [0.717, 1.165) is 6.07 Å². The molecule has 198 valence electrons. The standard InChI is InChI=1S/C24H32F3N5O4/c1-5-36-21(33)19-18(14-31-10-12-32(13-11-31)23(35)28-15(2)3)30(4)22(34)29-20(19)16-8-6-7-9-17(16)24(25,26)27/h6-9,15,20H,5,10-14H2,1-4H3,(H,28,35)(H,29,34)/t20-/m1/s1. The van der Waals surface area contributed by atoms with Crippen LogP contribution in [0.1, 0.15) is 37.9 Å². The van der Waals surface area contributed by atoms with Crippen LogP contribution in [0.5, 0.6) is 0 Å². The van der Waals surface area contributed by atoms with Gasteiger partial charge in [-0.1, -0.05) is 18.2 Å². The molecule has 1 fully saturated rings. The van der Waals surface area contributed by atoms with Crippen LogP contribution in [0.2, 0.25) is 0 Å². The van der Waals surface area contributed by atoms with Crippen LogP contribution in [0, 0.1) is 0 Å². The second kappa shape index (κ2) is 11.2. The summed E-state index contributed by atoms with van der Waals surface area (Å²) in [6.45, 7) is 7.27. The molecule has 1 aromatic rings. The molecule has 1 atom stereocenters. The topological polar surface area (TPSA) is 94.2 Å². The summed E-state index contributed by atoms with van der Waals surface area (Å²) >= 11 is 0. The summed E-state index contributed by atoms with van der Waals surface area (Å²) in [5.74, 6) is -0.795. The molecule has 9 nitrogen and oxygen atoms in total. The highest BCUT2D eigenvalue weighted by Crippen LogP contribution is 2.39. The average Bonchev–Trinajstić information content (AvgIpc) is 2.81. The molecule has 0 spiro atoms. The van der Waals surface area contributed by atoms with Crippen molar-refractivity contribution in [3.8, 4) is 0 Å². The van der Waals surface area contributed by atoms with Gasteiger partial charge in [-0.25, -0.2) is 14.4 Å². The highest BCUT2D eigenvalue weighted by molar-refractivity contribution is 5.95. The number of likely N-dealkylation sites (N-methyl/N-ethyl adjacent to an activating group) is 1. The van der Waals surface area contributed by atoms with Crippen LogP contribution in [0.4, 0.5) is 22.8 Å². The number of urea groups is 2. The van der Waals surface area contributed by atoms with Gasteiger partial charge in [0.15, 0.2) is 0 Å². The third-order valence-electron chi connectivity index (χ3n) is 6.09. The van der Waals surface area contributed by atoms with Gasteiger partial charge in [0, 0.05) is 51.5 Å². The van der Waals surface area contributed by atoms with Gasteiger partial charge in [-0.3, -0.25) is 9.80 Å². The first-order chi connectivity index (χ1) is 16.9. The highest BCUT2D eigenvalue weighted by atomic mass is 19.4. The number of benzene rings is 1. The Hall–Kier alpha value is -3.28. The number of carbonyl (C=O) groups is 3. The molecule has 2 aliphatic heterocycles. The first-order valence-corrected chi connectivity index (χ1v) is 11.8. The Morgan fingerprint density at radius 1 is 1.17 bits per heavy atom. The number of piperazine rings is 1. The first kappa shape index (κ1) is 27.3. The maximum absolute atomic E-state index is 13.8. The average molecular weight is 512 g/mol. The van der Waals surface area contributed by atoms with Gasteiger partial charge in [0.1, 0.15) is 0 Å². The summed E-state index contributed by atoms with van der Waals surface area (Å²) < 4.78 is 46.6. The quantitative estimate of drug-likeness (QED) is 0.573. The molecule has 0 aliphatic carbocycles. The number of hydrogen-bond acceptors (Lipinski definition) is 5. The SMILES string of the molecule is CCOC(=O)C1=C(CN2CCN(C(=O)NC(C)C)CC2)N(C)C(=O)N[C@@H]1c1ccccc1C(F)(F)F. The van der Waals surface area contributed by atoms with E-state index >= 15 is 0 Å². The molecule has 2 N–H and O–H groups in total. The summed E-state index contributed by atoms with van der Waals surface area (Å²) in [4.78, 5) is 43.1. The Morgan fingerprint density at radius 3 is 2.39 bits per heavy atom. The summed E-state index contributed by atoms with van der Waals surface area (Å²) in [6.07, 6.45) is -4.68. The van der Waals surface area contributed by atoms with Crippen LogP contribution in [-0.2, 0) is 15.7 Å². The van der Waals surface area contributed by atoms with E-state index in [-0.39, 0.29) is 42.1 Å². The number of rotatable bonds is 6. The van der Waals surface area contributed by atoms with E-state index in [2.05, 4.69) is 10.6 Å². The fraction of sp³-hybridized carbons (Fsp3) is 0.542. The second-order valence-corrected chi connectivity index (χ2v) is 8.97. The van der Waals surface area contributed by atoms with Crippen LogP contribution in [0.15, 0.2) is 35.5 Å². The number of ether oxygens (including phenoxy) is 1. The number of amides is 4. The molecule has 1 aromatic carbocycles. The molecule has 2 aliphatic rings. The van der Waals surface area contributed by atoms with Gasteiger partial charge in [0.2, 0.25) is 0 Å². The monoisotopic (exact) mass is 511 g/mol. The molecule has 0 unspecified atom stereocenters. The van der Waals surface area contributed by atoms with Gasteiger partial charge in [-0.15, -0.1) is 0 Å². The molecule has 12 heteroatoms. The highest BCUT2D eigenvalue weighted by Gasteiger charge is 2.42. The maximum Gasteiger partial charge on any atom is 0.416 e. The minimum absolute atomic E-state index is 0.00117. The Kier molecular flexibility index (Phi) is 8.49. The van der Waals surface area contributed by atoms with Crippen molar-refractivity contribution in [2.45, 2.75) is 39.0 Å². The minimum Gasteiger partial charge on any atom is -0.463 e. The van der Waals surface area contributed by atoms with E-state index in [1.165, 1.54) is 30.1 Å². The lowest BCUT2D eigenvalue weighted by Crippen LogP contribution is -2.55. The van der Waals surface area contributed by atoms with Gasteiger partial charge in [0.25, 0.3) is 0 Å². The molecular formula is C24H32F3N5O4. The normalized spacial score (nSPS) is 19.4. The number of nitrogens with zero attached hydrogens (tertiary/aromatic N) is 3. The minimum atomic E-state index is -4.68. The molecule has 2 heterocycles. The van der Waals surface area contributed by atoms with Crippen molar-refractivity contribution in [1.29, 1.82) is 0 Å².